The van der Waals surface area contributed by atoms with Gasteiger partial charge in [0, 0.05) is 44.1 Å². The zero-order valence-corrected chi connectivity index (χ0v) is 17.7. The van der Waals surface area contributed by atoms with Gasteiger partial charge in [0.25, 0.3) is 0 Å². The molecule has 5 nitrogen and oxygen atoms in total. The van der Waals surface area contributed by atoms with Crippen LogP contribution in [0.25, 0.3) is 11.3 Å². The van der Waals surface area contributed by atoms with E-state index < -0.39 is 0 Å². The number of methoxy groups -OCH3 is 1. The first-order chi connectivity index (χ1) is 14.1. The lowest BCUT2D eigenvalue weighted by molar-refractivity contribution is -0.140. The second-order valence-electron chi connectivity index (χ2n) is 8.75. The Morgan fingerprint density at radius 2 is 1.93 bits per heavy atom. The number of likely N-dealkylation sites (tertiary alicyclic amines) is 2. The van der Waals surface area contributed by atoms with Crippen LogP contribution in [0.1, 0.15) is 37.0 Å². The minimum Gasteiger partial charge on any atom is -0.460 e. The van der Waals surface area contributed by atoms with Gasteiger partial charge in [-0.1, -0.05) is 29.8 Å². The van der Waals surface area contributed by atoms with Crippen LogP contribution in [0.5, 0.6) is 0 Å². The van der Waals surface area contributed by atoms with E-state index in [1.54, 1.807) is 7.11 Å². The van der Waals surface area contributed by atoms with Crippen molar-refractivity contribution in [2.45, 2.75) is 39.2 Å². The zero-order chi connectivity index (χ0) is 20.3. The second kappa shape index (κ2) is 8.72. The largest absolute Gasteiger partial charge is 0.460 e. The first-order valence-corrected chi connectivity index (χ1v) is 10.7. The molecule has 1 unspecified atom stereocenters. The van der Waals surface area contributed by atoms with Gasteiger partial charge in [-0.05, 0) is 44.9 Å². The molecule has 1 amide bonds. The molecule has 0 N–H and O–H groups in total. The SMILES string of the molecule is COCCN1CC2(CCCN(Cc3ccc(-c4ccc(C)cc4)o3)C2)CCC1=O. The number of furan rings is 1. The molecule has 2 aliphatic heterocycles. The average Bonchev–Trinajstić information content (AvgIpc) is 3.18. The highest BCUT2D eigenvalue weighted by Gasteiger charge is 2.41. The fourth-order valence-corrected chi connectivity index (χ4v) is 4.84. The number of piperidine rings is 2. The zero-order valence-electron chi connectivity index (χ0n) is 17.7. The van der Waals surface area contributed by atoms with E-state index in [0.29, 0.717) is 19.6 Å². The van der Waals surface area contributed by atoms with Crippen LogP contribution in [-0.2, 0) is 16.1 Å². The van der Waals surface area contributed by atoms with E-state index in [0.717, 1.165) is 49.7 Å². The molecule has 0 radical (unpaired) electrons. The number of ether oxygens (including phenoxy) is 1. The fourth-order valence-electron chi connectivity index (χ4n) is 4.84. The quantitative estimate of drug-likeness (QED) is 0.737. The van der Waals surface area contributed by atoms with Gasteiger partial charge in [0.05, 0.1) is 13.2 Å². The molecule has 2 aromatic rings. The molecule has 3 heterocycles. The van der Waals surface area contributed by atoms with E-state index in [4.69, 9.17) is 9.15 Å². The van der Waals surface area contributed by atoms with E-state index >= 15 is 0 Å². The molecule has 1 aromatic carbocycles. The summed E-state index contributed by atoms with van der Waals surface area (Å²) in [6.45, 7) is 7.23. The normalized spacial score (nSPS) is 23.1. The van der Waals surface area contributed by atoms with Crippen LogP contribution in [0.3, 0.4) is 0 Å². The predicted molar refractivity (Wildman–Crippen MR) is 114 cm³/mol. The topological polar surface area (TPSA) is 45.9 Å². The Kier molecular flexibility index (Phi) is 6.07. The van der Waals surface area contributed by atoms with Crippen molar-refractivity contribution >= 4 is 5.91 Å². The standard InChI is InChI=1S/C24H32N2O3/c1-19-4-6-20(7-5-19)22-9-8-21(29-22)16-25-13-3-11-24(17-25)12-10-23(27)26(18-24)14-15-28-2/h4-9H,3,10-18H2,1-2H3. The molecule has 1 atom stereocenters. The number of hydrogen-bond acceptors (Lipinski definition) is 4. The molecular weight excluding hydrogens is 364 g/mol. The van der Waals surface area contributed by atoms with Crippen molar-refractivity contribution in [2.75, 3.05) is 39.9 Å². The number of benzene rings is 1. The van der Waals surface area contributed by atoms with Gasteiger partial charge in [0.1, 0.15) is 11.5 Å². The minimum atomic E-state index is 0.215. The van der Waals surface area contributed by atoms with Crippen LogP contribution < -0.4 is 0 Å². The summed E-state index contributed by atoms with van der Waals surface area (Å²) in [6.07, 6.45) is 4.04. The molecule has 0 saturated carbocycles. The molecular formula is C24H32N2O3. The van der Waals surface area contributed by atoms with Crippen molar-refractivity contribution in [3.05, 3.63) is 47.7 Å². The molecule has 2 saturated heterocycles. The van der Waals surface area contributed by atoms with Gasteiger partial charge in [-0.3, -0.25) is 9.69 Å². The number of carbonyl (C=O) groups excluding carboxylic acids is 1. The van der Waals surface area contributed by atoms with Gasteiger partial charge in [0.2, 0.25) is 5.91 Å². The summed E-state index contributed by atoms with van der Waals surface area (Å²) in [7, 11) is 1.70. The van der Waals surface area contributed by atoms with E-state index in [-0.39, 0.29) is 11.3 Å². The van der Waals surface area contributed by atoms with Crippen molar-refractivity contribution in [3.63, 3.8) is 0 Å². The summed E-state index contributed by atoms with van der Waals surface area (Å²) in [4.78, 5) is 16.8. The van der Waals surface area contributed by atoms with Gasteiger partial charge >= 0.3 is 0 Å². The summed E-state index contributed by atoms with van der Waals surface area (Å²) in [5.41, 5.74) is 2.59. The van der Waals surface area contributed by atoms with Crippen LogP contribution in [0.2, 0.25) is 0 Å². The Balaban J connectivity index is 1.40. The third-order valence-corrected chi connectivity index (χ3v) is 6.43. The van der Waals surface area contributed by atoms with Crippen molar-refractivity contribution in [2.24, 2.45) is 5.41 Å². The number of carbonyl (C=O) groups is 1. The highest BCUT2D eigenvalue weighted by Crippen LogP contribution is 2.39. The van der Waals surface area contributed by atoms with Gasteiger partial charge in [-0.15, -0.1) is 0 Å². The monoisotopic (exact) mass is 396 g/mol. The van der Waals surface area contributed by atoms with Crippen molar-refractivity contribution < 1.29 is 13.9 Å². The summed E-state index contributed by atoms with van der Waals surface area (Å²) in [6, 6.07) is 12.6. The summed E-state index contributed by atoms with van der Waals surface area (Å²) in [5.74, 6) is 2.22. The Morgan fingerprint density at radius 3 is 2.72 bits per heavy atom. The average molecular weight is 397 g/mol. The van der Waals surface area contributed by atoms with Crippen LogP contribution in [0.15, 0.2) is 40.8 Å². The number of aryl methyl sites for hydroxylation is 1. The van der Waals surface area contributed by atoms with E-state index in [9.17, 15) is 4.79 Å². The summed E-state index contributed by atoms with van der Waals surface area (Å²) >= 11 is 0. The Hall–Kier alpha value is -2.11. The van der Waals surface area contributed by atoms with Gasteiger partial charge < -0.3 is 14.1 Å². The molecule has 4 rings (SSSR count). The van der Waals surface area contributed by atoms with Crippen LogP contribution in [0, 0.1) is 12.3 Å². The van der Waals surface area contributed by atoms with Crippen molar-refractivity contribution in [1.29, 1.82) is 0 Å². The molecule has 29 heavy (non-hydrogen) atoms. The van der Waals surface area contributed by atoms with E-state index in [1.807, 2.05) is 4.90 Å². The molecule has 0 bridgehead atoms. The van der Waals surface area contributed by atoms with Crippen molar-refractivity contribution in [3.8, 4) is 11.3 Å². The number of nitrogens with zero attached hydrogens (tertiary/aromatic N) is 2. The summed E-state index contributed by atoms with van der Waals surface area (Å²) < 4.78 is 11.4. The number of rotatable bonds is 6. The van der Waals surface area contributed by atoms with Crippen molar-refractivity contribution in [1.82, 2.24) is 9.80 Å². The fraction of sp³-hybridized carbons (Fsp3) is 0.542. The summed E-state index contributed by atoms with van der Waals surface area (Å²) in [5, 5.41) is 0. The minimum absolute atomic E-state index is 0.215. The van der Waals surface area contributed by atoms with Crippen LogP contribution in [-0.4, -0.2) is 55.6 Å². The lowest BCUT2D eigenvalue weighted by atomic mass is 9.73. The molecule has 1 aromatic heterocycles. The smallest absolute Gasteiger partial charge is 0.222 e. The first-order valence-electron chi connectivity index (χ1n) is 10.7. The maximum absolute atomic E-state index is 12.3. The Labute approximate surface area is 173 Å². The molecule has 0 aliphatic carbocycles. The predicted octanol–water partition coefficient (Wildman–Crippen LogP) is 4.11. The second-order valence-corrected chi connectivity index (χ2v) is 8.75. The Morgan fingerprint density at radius 1 is 1.10 bits per heavy atom. The third-order valence-electron chi connectivity index (χ3n) is 6.43. The van der Waals surface area contributed by atoms with Gasteiger partial charge in [-0.25, -0.2) is 0 Å². The lowest BCUT2D eigenvalue weighted by Gasteiger charge is -2.48. The maximum atomic E-state index is 12.3. The molecule has 156 valence electrons. The lowest BCUT2D eigenvalue weighted by Crippen LogP contribution is -2.54. The highest BCUT2D eigenvalue weighted by molar-refractivity contribution is 5.77. The maximum Gasteiger partial charge on any atom is 0.222 e. The highest BCUT2D eigenvalue weighted by atomic mass is 16.5. The molecule has 2 aliphatic rings. The third kappa shape index (κ3) is 4.73. The van der Waals surface area contributed by atoms with E-state index in [2.05, 4.69) is 48.2 Å². The molecule has 5 heteroatoms. The molecule has 1 spiro atoms. The number of amides is 1. The first kappa shape index (κ1) is 20.2. The number of hydrogen-bond donors (Lipinski definition) is 0. The van der Waals surface area contributed by atoms with Gasteiger partial charge in [0.15, 0.2) is 0 Å². The van der Waals surface area contributed by atoms with Crippen LogP contribution in [0.4, 0.5) is 0 Å². The van der Waals surface area contributed by atoms with Gasteiger partial charge in [-0.2, -0.15) is 0 Å². The molecule has 2 fully saturated rings. The Bertz CT molecular complexity index is 829. The van der Waals surface area contributed by atoms with Crippen LogP contribution >= 0.6 is 0 Å². The van der Waals surface area contributed by atoms with E-state index in [1.165, 1.54) is 18.4 Å².